The van der Waals surface area contributed by atoms with E-state index < -0.39 is 36.4 Å². The van der Waals surface area contributed by atoms with Gasteiger partial charge in [0.1, 0.15) is 5.82 Å². The second-order valence-electron chi connectivity index (χ2n) is 12.0. The summed E-state index contributed by atoms with van der Waals surface area (Å²) in [6, 6.07) is 21.6. The van der Waals surface area contributed by atoms with E-state index in [4.69, 9.17) is 18.7 Å². The van der Waals surface area contributed by atoms with Crippen molar-refractivity contribution in [1.82, 2.24) is 25.5 Å². The summed E-state index contributed by atoms with van der Waals surface area (Å²) < 4.78 is 35.6. The Balaban J connectivity index is 1.00. The normalized spacial score (nSPS) is 16.4. The van der Waals surface area contributed by atoms with Gasteiger partial charge in [-0.15, -0.1) is 0 Å². The Hall–Kier alpha value is -5.34. The second-order valence-corrected chi connectivity index (χ2v) is 12.0. The van der Waals surface area contributed by atoms with Crippen LogP contribution in [-0.2, 0) is 25.5 Å². The van der Waals surface area contributed by atoms with Crippen LogP contribution in [0.2, 0.25) is 0 Å². The Morgan fingerprint density at radius 1 is 0.878 bits per heavy atom. The van der Waals surface area contributed by atoms with Crippen molar-refractivity contribution in [1.29, 1.82) is 0 Å². The molecule has 0 radical (unpaired) electrons. The summed E-state index contributed by atoms with van der Waals surface area (Å²) in [4.78, 5) is 42.6. The minimum atomic E-state index is -1.73. The number of halogens is 1. The SMILES string of the molecule is O=C(COC(=O)OC1(OC(=O)O)CCN(Cc2ccc(-c3noc(-c4ccc(-c5ccccc5)c(F)c4)n3)cc2)CC1)NN1CCCCC1. The molecule has 1 amide bonds. The number of piperidine rings is 2. The molecular weight excluding hydrogens is 637 g/mol. The highest BCUT2D eigenvalue weighted by Gasteiger charge is 2.43. The molecule has 0 saturated carbocycles. The topological polar surface area (TPSA) is 157 Å². The Morgan fingerprint density at radius 3 is 2.29 bits per heavy atom. The van der Waals surface area contributed by atoms with Crippen molar-refractivity contribution in [3.05, 3.63) is 84.2 Å². The van der Waals surface area contributed by atoms with Gasteiger partial charge in [0, 0.05) is 62.3 Å². The van der Waals surface area contributed by atoms with Crippen LogP contribution in [-0.4, -0.2) is 81.9 Å². The van der Waals surface area contributed by atoms with Crippen molar-refractivity contribution in [3.63, 3.8) is 0 Å². The van der Waals surface area contributed by atoms with E-state index in [2.05, 4.69) is 20.5 Å². The molecule has 0 unspecified atom stereocenters. The maximum absolute atomic E-state index is 14.9. The zero-order valence-electron chi connectivity index (χ0n) is 26.7. The number of hydrogen-bond donors (Lipinski definition) is 2. The van der Waals surface area contributed by atoms with Crippen LogP contribution in [0.25, 0.3) is 34.0 Å². The number of ether oxygens (including phenoxy) is 3. The molecule has 14 heteroatoms. The number of carbonyl (C=O) groups excluding carboxylic acids is 2. The van der Waals surface area contributed by atoms with Crippen molar-refractivity contribution in [2.45, 2.75) is 44.4 Å². The van der Waals surface area contributed by atoms with Crippen LogP contribution in [0.5, 0.6) is 0 Å². The van der Waals surface area contributed by atoms with Crippen LogP contribution >= 0.6 is 0 Å². The van der Waals surface area contributed by atoms with Gasteiger partial charge < -0.3 is 23.8 Å². The highest BCUT2D eigenvalue weighted by atomic mass is 19.1. The van der Waals surface area contributed by atoms with Gasteiger partial charge in [0.15, 0.2) is 6.61 Å². The molecule has 49 heavy (non-hydrogen) atoms. The fourth-order valence-electron chi connectivity index (χ4n) is 5.93. The van der Waals surface area contributed by atoms with E-state index in [0.29, 0.717) is 42.1 Å². The van der Waals surface area contributed by atoms with Gasteiger partial charge in [-0.05, 0) is 36.1 Å². The molecule has 4 aromatic rings. The van der Waals surface area contributed by atoms with Crippen molar-refractivity contribution < 1.29 is 42.6 Å². The van der Waals surface area contributed by atoms with E-state index in [0.717, 1.165) is 43.5 Å². The number of hydrazine groups is 1. The molecule has 256 valence electrons. The molecule has 2 N–H and O–H groups in total. The van der Waals surface area contributed by atoms with Crippen LogP contribution in [0.15, 0.2) is 77.3 Å². The van der Waals surface area contributed by atoms with Crippen LogP contribution in [0.4, 0.5) is 14.0 Å². The van der Waals surface area contributed by atoms with Crippen molar-refractivity contribution in [2.75, 3.05) is 32.8 Å². The number of rotatable bonds is 10. The first kappa shape index (κ1) is 33.6. The summed E-state index contributed by atoms with van der Waals surface area (Å²) >= 11 is 0. The number of amides is 1. The lowest BCUT2D eigenvalue weighted by Gasteiger charge is -2.38. The van der Waals surface area contributed by atoms with Crippen molar-refractivity contribution >= 4 is 18.2 Å². The number of hydrogen-bond acceptors (Lipinski definition) is 11. The molecule has 3 aromatic carbocycles. The minimum Gasteiger partial charge on any atom is -0.450 e. The minimum absolute atomic E-state index is 0.0744. The summed E-state index contributed by atoms with van der Waals surface area (Å²) in [5.41, 5.74) is 6.09. The maximum atomic E-state index is 14.9. The van der Waals surface area contributed by atoms with E-state index in [1.165, 1.54) is 6.07 Å². The van der Waals surface area contributed by atoms with Gasteiger partial charge in [0.25, 0.3) is 17.6 Å². The lowest BCUT2D eigenvalue weighted by molar-refractivity contribution is -0.209. The third kappa shape index (κ3) is 8.77. The Bertz CT molecular complexity index is 1750. The summed E-state index contributed by atoms with van der Waals surface area (Å²) in [7, 11) is 0. The van der Waals surface area contributed by atoms with Crippen LogP contribution in [0.3, 0.4) is 0 Å². The highest BCUT2D eigenvalue weighted by molar-refractivity contribution is 5.78. The molecule has 0 bridgehead atoms. The van der Waals surface area contributed by atoms with Crippen molar-refractivity contribution in [3.8, 4) is 34.0 Å². The van der Waals surface area contributed by atoms with E-state index in [1.807, 2.05) is 54.6 Å². The summed E-state index contributed by atoms with van der Waals surface area (Å²) in [5, 5.41) is 15.2. The third-order valence-corrected chi connectivity index (χ3v) is 8.47. The molecule has 2 fully saturated rings. The van der Waals surface area contributed by atoms with E-state index in [-0.39, 0.29) is 18.7 Å². The van der Waals surface area contributed by atoms with Crippen LogP contribution < -0.4 is 5.43 Å². The van der Waals surface area contributed by atoms with Gasteiger partial charge in [-0.2, -0.15) is 4.98 Å². The zero-order valence-corrected chi connectivity index (χ0v) is 26.7. The second kappa shape index (κ2) is 15.3. The largest absolute Gasteiger partial charge is 0.512 e. The fourth-order valence-corrected chi connectivity index (χ4v) is 5.93. The average molecular weight is 674 g/mol. The van der Waals surface area contributed by atoms with Gasteiger partial charge in [0.2, 0.25) is 5.82 Å². The summed E-state index contributed by atoms with van der Waals surface area (Å²) in [6.07, 6.45) is 0.424. The molecule has 3 heterocycles. The number of carboxylic acid groups (broad SMARTS) is 1. The Morgan fingerprint density at radius 2 is 1.59 bits per heavy atom. The van der Waals surface area contributed by atoms with Crippen LogP contribution in [0.1, 0.15) is 37.7 Å². The lowest BCUT2D eigenvalue weighted by Crippen LogP contribution is -2.50. The van der Waals surface area contributed by atoms with Gasteiger partial charge in [-0.3, -0.25) is 15.1 Å². The molecular formula is C35H36FN5O8. The Labute approximate surface area is 281 Å². The smallest absolute Gasteiger partial charge is 0.450 e. The molecule has 2 saturated heterocycles. The summed E-state index contributed by atoms with van der Waals surface area (Å²) in [5.74, 6) is -2.07. The quantitative estimate of drug-likeness (QED) is 0.153. The van der Waals surface area contributed by atoms with Gasteiger partial charge in [-0.25, -0.2) is 19.0 Å². The number of nitrogens with zero attached hydrogens (tertiary/aromatic N) is 4. The number of likely N-dealkylation sites (tertiary alicyclic amines) is 1. The molecule has 1 aromatic heterocycles. The molecule has 2 aliphatic heterocycles. The van der Waals surface area contributed by atoms with E-state index in [1.54, 1.807) is 17.1 Å². The highest BCUT2D eigenvalue weighted by Crippen LogP contribution is 2.31. The molecule has 2 aliphatic rings. The molecule has 0 aliphatic carbocycles. The number of aromatic nitrogens is 2. The monoisotopic (exact) mass is 673 g/mol. The summed E-state index contributed by atoms with van der Waals surface area (Å²) in [6.45, 7) is 2.15. The zero-order chi connectivity index (χ0) is 34.2. The van der Waals surface area contributed by atoms with Gasteiger partial charge in [0.05, 0.1) is 0 Å². The maximum Gasteiger partial charge on any atom is 0.512 e. The molecule has 6 rings (SSSR count). The Kier molecular flexibility index (Phi) is 10.4. The number of carbonyl (C=O) groups is 3. The third-order valence-electron chi connectivity index (χ3n) is 8.47. The average Bonchev–Trinajstić information content (AvgIpc) is 3.60. The van der Waals surface area contributed by atoms with Crippen molar-refractivity contribution in [2.24, 2.45) is 0 Å². The first-order valence-corrected chi connectivity index (χ1v) is 16.1. The first-order chi connectivity index (χ1) is 23.7. The van der Waals surface area contributed by atoms with E-state index >= 15 is 0 Å². The predicted molar refractivity (Wildman–Crippen MR) is 173 cm³/mol. The molecule has 0 atom stereocenters. The standard InChI is InChI=1S/C35H36FN5O8/c36-29-21-27(13-14-28(29)25-7-3-1-4-8-25)32-37-31(39-49-32)26-11-9-24(10-12-26)22-40-19-15-35(16-20-40,47-33(43)44)48-34(45)46-23-30(42)38-41-17-5-2-6-18-41/h1,3-4,7-14,21H,2,5-6,15-20,22-23H2,(H,38,42)(H,43,44). The van der Waals surface area contributed by atoms with E-state index in [9.17, 15) is 23.9 Å². The number of benzene rings is 3. The van der Waals surface area contributed by atoms with Crippen LogP contribution in [0, 0.1) is 5.82 Å². The van der Waals surface area contributed by atoms with Gasteiger partial charge in [-0.1, -0.05) is 72.2 Å². The predicted octanol–water partition coefficient (Wildman–Crippen LogP) is 5.87. The lowest BCUT2D eigenvalue weighted by atomic mass is 10.0. The molecule has 13 nitrogen and oxygen atoms in total. The first-order valence-electron chi connectivity index (χ1n) is 16.1. The fraction of sp³-hybridized carbons (Fsp3) is 0.343. The molecule has 0 spiro atoms. The van der Waals surface area contributed by atoms with Gasteiger partial charge >= 0.3 is 12.3 Å². The number of nitrogens with one attached hydrogen (secondary N) is 1.